The van der Waals surface area contributed by atoms with Crippen LogP contribution in [0.5, 0.6) is 5.75 Å². The zero-order valence-corrected chi connectivity index (χ0v) is 9.73. The quantitative estimate of drug-likeness (QED) is 0.808. The smallest absolute Gasteiger partial charge is 0.243 e. The van der Waals surface area contributed by atoms with Gasteiger partial charge in [-0.2, -0.15) is 0 Å². The molecule has 2 N–H and O–H groups in total. The fourth-order valence-corrected chi connectivity index (χ4v) is 1.64. The normalized spacial score (nSPS) is 19.7. The molecule has 5 nitrogen and oxygen atoms in total. The molecule has 0 bridgehead atoms. The maximum absolute atomic E-state index is 11.8. The highest BCUT2D eigenvalue weighted by Crippen LogP contribution is 2.15. The lowest BCUT2D eigenvalue weighted by Gasteiger charge is -2.22. The molecule has 1 heterocycles. The summed E-state index contributed by atoms with van der Waals surface area (Å²) in [5, 5.41) is 5.93. The van der Waals surface area contributed by atoms with Crippen molar-refractivity contribution in [1.82, 2.24) is 5.32 Å². The van der Waals surface area contributed by atoms with Gasteiger partial charge in [-0.15, -0.1) is 0 Å². The molecule has 17 heavy (non-hydrogen) atoms. The van der Waals surface area contributed by atoms with Gasteiger partial charge in [0.25, 0.3) is 0 Å². The first-order chi connectivity index (χ1) is 8.29. The van der Waals surface area contributed by atoms with Gasteiger partial charge in [-0.3, -0.25) is 4.79 Å². The van der Waals surface area contributed by atoms with Gasteiger partial charge in [0.2, 0.25) is 5.91 Å². The van der Waals surface area contributed by atoms with Gasteiger partial charge in [-0.1, -0.05) is 0 Å². The van der Waals surface area contributed by atoms with Crippen LogP contribution in [0, 0.1) is 0 Å². The van der Waals surface area contributed by atoms with Crippen LogP contribution in [0.1, 0.15) is 0 Å². The molecule has 1 aliphatic heterocycles. The highest BCUT2D eigenvalue weighted by molar-refractivity contribution is 5.95. The molecule has 0 aromatic heterocycles. The highest BCUT2D eigenvalue weighted by Gasteiger charge is 2.20. The average Bonchev–Trinajstić information content (AvgIpc) is 2.40. The summed E-state index contributed by atoms with van der Waals surface area (Å²) in [5.74, 6) is 0.692. The van der Waals surface area contributed by atoms with Crippen molar-refractivity contribution in [3.8, 4) is 5.75 Å². The van der Waals surface area contributed by atoms with Crippen molar-refractivity contribution in [2.45, 2.75) is 6.04 Å². The van der Waals surface area contributed by atoms with Gasteiger partial charge in [0.15, 0.2) is 0 Å². The Hall–Kier alpha value is -1.59. The van der Waals surface area contributed by atoms with Crippen LogP contribution in [-0.2, 0) is 9.53 Å². The monoisotopic (exact) mass is 236 g/mol. The van der Waals surface area contributed by atoms with Crippen LogP contribution in [0.2, 0.25) is 0 Å². The number of amides is 1. The number of methoxy groups -OCH3 is 1. The second-order valence-corrected chi connectivity index (χ2v) is 3.80. The first kappa shape index (κ1) is 11.9. The number of hydrogen-bond donors (Lipinski definition) is 2. The molecular formula is C12H16N2O3. The Morgan fingerprint density at radius 1 is 1.47 bits per heavy atom. The van der Waals surface area contributed by atoms with E-state index in [1.54, 1.807) is 31.4 Å². The lowest BCUT2D eigenvalue weighted by atomic mass is 10.2. The number of benzene rings is 1. The van der Waals surface area contributed by atoms with Gasteiger partial charge in [-0.25, -0.2) is 0 Å². The lowest BCUT2D eigenvalue weighted by molar-refractivity contribution is -0.120. The van der Waals surface area contributed by atoms with Gasteiger partial charge in [0.1, 0.15) is 11.8 Å². The maximum atomic E-state index is 11.8. The zero-order chi connectivity index (χ0) is 12.1. The summed E-state index contributed by atoms with van der Waals surface area (Å²) in [6.07, 6.45) is 0. The molecule has 2 rings (SSSR count). The zero-order valence-electron chi connectivity index (χ0n) is 9.73. The van der Waals surface area contributed by atoms with E-state index in [-0.39, 0.29) is 11.9 Å². The number of anilines is 1. The standard InChI is InChI=1S/C12H16N2O3/c1-16-10-4-2-9(3-5-10)14-12(15)11-8-17-7-6-13-11/h2-5,11,13H,6-8H2,1H3,(H,14,15)/t11-/m0/s1. The fraction of sp³-hybridized carbons (Fsp3) is 0.417. The molecule has 0 spiro atoms. The minimum absolute atomic E-state index is 0.0742. The molecule has 1 aliphatic rings. The van der Waals surface area contributed by atoms with E-state index in [1.807, 2.05) is 0 Å². The number of nitrogens with one attached hydrogen (secondary N) is 2. The summed E-state index contributed by atoms with van der Waals surface area (Å²) < 4.78 is 10.3. The Morgan fingerprint density at radius 2 is 2.24 bits per heavy atom. The third-order valence-electron chi connectivity index (χ3n) is 2.60. The molecule has 92 valence electrons. The Kier molecular flexibility index (Phi) is 3.95. The number of ether oxygens (including phenoxy) is 2. The Bertz CT molecular complexity index is 372. The topological polar surface area (TPSA) is 59.6 Å². The van der Waals surface area contributed by atoms with Crippen LogP contribution in [0.25, 0.3) is 0 Å². The summed E-state index contributed by atoms with van der Waals surface area (Å²) in [6.45, 7) is 1.79. The molecule has 0 aliphatic carbocycles. The Morgan fingerprint density at radius 3 is 2.82 bits per heavy atom. The molecule has 1 fully saturated rings. The molecule has 1 atom stereocenters. The highest BCUT2D eigenvalue weighted by atomic mass is 16.5. The molecule has 1 saturated heterocycles. The van der Waals surface area contributed by atoms with E-state index in [2.05, 4.69) is 10.6 Å². The van der Waals surface area contributed by atoms with Gasteiger partial charge < -0.3 is 20.1 Å². The van der Waals surface area contributed by atoms with E-state index < -0.39 is 0 Å². The number of carbonyl (C=O) groups is 1. The Labute approximate surface area is 100 Å². The van der Waals surface area contributed by atoms with Crippen molar-refractivity contribution in [2.75, 3.05) is 32.2 Å². The minimum Gasteiger partial charge on any atom is -0.497 e. The van der Waals surface area contributed by atoms with Crippen LogP contribution >= 0.6 is 0 Å². The van der Waals surface area contributed by atoms with Gasteiger partial charge in [-0.05, 0) is 24.3 Å². The van der Waals surface area contributed by atoms with E-state index in [1.165, 1.54) is 0 Å². The van der Waals surface area contributed by atoms with Crippen molar-refractivity contribution in [2.24, 2.45) is 0 Å². The first-order valence-corrected chi connectivity index (χ1v) is 5.55. The average molecular weight is 236 g/mol. The van der Waals surface area contributed by atoms with Crippen LogP contribution in [0.15, 0.2) is 24.3 Å². The van der Waals surface area contributed by atoms with E-state index >= 15 is 0 Å². The Balaban J connectivity index is 1.92. The number of rotatable bonds is 3. The molecular weight excluding hydrogens is 220 g/mol. The third-order valence-corrected chi connectivity index (χ3v) is 2.60. The van der Waals surface area contributed by atoms with Crippen LogP contribution < -0.4 is 15.4 Å². The molecule has 0 radical (unpaired) electrons. The molecule has 1 aromatic carbocycles. The molecule has 0 saturated carbocycles. The number of carbonyl (C=O) groups excluding carboxylic acids is 1. The summed E-state index contributed by atoms with van der Waals surface area (Å²) in [5.41, 5.74) is 0.753. The second-order valence-electron chi connectivity index (χ2n) is 3.80. The molecule has 5 heteroatoms. The SMILES string of the molecule is COc1ccc(NC(=O)[C@@H]2COCCN2)cc1. The lowest BCUT2D eigenvalue weighted by Crippen LogP contribution is -2.48. The van der Waals surface area contributed by atoms with Crippen molar-refractivity contribution in [3.05, 3.63) is 24.3 Å². The van der Waals surface area contributed by atoms with Crippen LogP contribution in [0.4, 0.5) is 5.69 Å². The van der Waals surface area contributed by atoms with Crippen molar-refractivity contribution in [3.63, 3.8) is 0 Å². The summed E-state index contributed by atoms with van der Waals surface area (Å²) >= 11 is 0. The predicted molar refractivity (Wildman–Crippen MR) is 64.2 cm³/mol. The van der Waals surface area contributed by atoms with Crippen molar-refractivity contribution < 1.29 is 14.3 Å². The van der Waals surface area contributed by atoms with Crippen LogP contribution in [-0.4, -0.2) is 38.8 Å². The minimum atomic E-state index is -0.272. The van der Waals surface area contributed by atoms with Gasteiger partial charge in [0, 0.05) is 12.2 Å². The number of morpholine rings is 1. The summed E-state index contributed by atoms with van der Waals surface area (Å²) in [6, 6.07) is 6.95. The van der Waals surface area contributed by atoms with Crippen molar-refractivity contribution in [1.29, 1.82) is 0 Å². The predicted octanol–water partition coefficient (Wildman–Crippen LogP) is 0.622. The molecule has 1 aromatic rings. The second kappa shape index (κ2) is 5.65. The van der Waals surface area contributed by atoms with Crippen LogP contribution in [0.3, 0.4) is 0 Å². The molecule has 0 unspecified atom stereocenters. The summed E-state index contributed by atoms with van der Waals surface area (Å²) in [4.78, 5) is 11.8. The van der Waals surface area contributed by atoms with E-state index in [9.17, 15) is 4.79 Å². The van der Waals surface area contributed by atoms with Crippen molar-refractivity contribution >= 4 is 11.6 Å². The van der Waals surface area contributed by atoms with E-state index in [4.69, 9.17) is 9.47 Å². The van der Waals surface area contributed by atoms with Gasteiger partial charge in [0.05, 0.1) is 20.3 Å². The number of hydrogen-bond acceptors (Lipinski definition) is 4. The maximum Gasteiger partial charge on any atom is 0.243 e. The molecule has 1 amide bonds. The first-order valence-electron chi connectivity index (χ1n) is 5.55. The van der Waals surface area contributed by atoms with E-state index in [0.717, 1.165) is 11.4 Å². The largest absolute Gasteiger partial charge is 0.497 e. The third kappa shape index (κ3) is 3.18. The van der Waals surface area contributed by atoms with E-state index in [0.29, 0.717) is 19.8 Å². The fourth-order valence-electron chi connectivity index (χ4n) is 1.64. The van der Waals surface area contributed by atoms with Gasteiger partial charge >= 0.3 is 0 Å². The summed E-state index contributed by atoms with van der Waals surface area (Å²) in [7, 11) is 1.61.